The van der Waals surface area contributed by atoms with Crippen molar-refractivity contribution < 1.29 is 19.0 Å². The number of rotatable bonds is 8. The van der Waals surface area contributed by atoms with Crippen LogP contribution in [0, 0.1) is 0 Å². The average Bonchev–Trinajstić information content (AvgIpc) is 3.40. The molecule has 0 aromatic heterocycles. The molecular weight excluding hydrogens is 498 g/mol. The Labute approximate surface area is 236 Å². The van der Waals surface area contributed by atoms with Gasteiger partial charge in [-0.15, -0.1) is 0 Å². The molecule has 1 aliphatic carbocycles. The van der Waals surface area contributed by atoms with Crippen molar-refractivity contribution in [3.8, 4) is 16.9 Å². The summed E-state index contributed by atoms with van der Waals surface area (Å²) >= 11 is 0. The van der Waals surface area contributed by atoms with Gasteiger partial charge in [0.1, 0.15) is 18.1 Å². The predicted octanol–water partition coefficient (Wildman–Crippen LogP) is 7.72. The fraction of sp³-hybridized carbons (Fsp3) is 0.286. The van der Waals surface area contributed by atoms with Gasteiger partial charge >= 0.3 is 6.09 Å². The van der Waals surface area contributed by atoms with Crippen LogP contribution in [0.5, 0.6) is 5.75 Å². The minimum absolute atomic E-state index is 0.313. The lowest BCUT2D eigenvalue weighted by molar-refractivity contribution is -0.0860. The summed E-state index contributed by atoms with van der Waals surface area (Å²) in [7, 11) is 1.65. The van der Waals surface area contributed by atoms with Gasteiger partial charge in [0.15, 0.2) is 0 Å². The minimum atomic E-state index is -0.430. The number of carbonyl (C=O) groups is 1. The van der Waals surface area contributed by atoms with Gasteiger partial charge in [-0.2, -0.15) is 0 Å². The molecule has 0 radical (unpaired) electrons. The van der Waals surface area contributed by atoms with E-state index >= 15 is 0 Å². The van der Waals surface area contributed by atoms with Crippen molar-refractivity contribution in [2.45, 2.75) is 51.0 Å². The Morgan fingerprint density at radius 3 is 2.42 bits per heavy atom. The van der Waals surface area contributed by atoms with Crippen LogP contribution in [-0.4, -0.2) is 30.9 Å². The van der Waals surface area contributed by atoms with Gasteiger partial charge in [0.2, 0.25) is 0 Å². The molecule has 0 saturated carbocycles. The number of nitrogens with zero attached hydrogens (tertiary/aromatic N) is 1. The lowest BCUT2D eigenvalue weighted by Crippen LogP contribution is -2.44. The van der Waals surface area contributed by atoms with Gasteiger partial charge in [-0.3, -0.25) is 4.90 Å². The maximum Gasteiger partial charge on any atom is 0.412 e. The fourth-order valence-electron chi connectivity index (χ4n) is 5.90. The number of benzene rings is 4. The van der Waals surface area contributed by atoms with Gasteiger partial charge in [0, 0.05) is 13.0 Å². The van der Waals surface area contributed by atoms with Crippen LogP contribution in [0.3, 0.4) is 0 Å². The van der Waals surface area contributed by atoms with Crippen LogP contribution in [0.15, 0.2) is 97.1 Å². The van der Waals surface area contributed by atoms with E-state index in [0.29, 0.717) is 19.6 Å². The third kappa shape index (κ3) is 5.61. The SMILES string of the molecule is COc1ccc(CN(C(=O)OC(Cc2ccccc2)c2cccc3c2Cc2ccccc2-3)C2CCCCO2)cc1. The summed E-state index contributed by atoms with van der Waals surface area (Å²) < 4.78 is 17.9. The van der Waals surface area contributed by atoms with Crippen molar-refractivity contribution in [3.63, 3.8) is 0 Å². The van der Waals surface area contributed by atoms with Crippen LogP contribution in [0.25, 0.3) is 11.1 Å². The number of amides is 1. The first-order valence-corrected chi connectivity index (χ1v) is 14.2. The molecule has 1 amide bonds. The molecule has 204 valence electrons. The smallest absolute Gasteiger partial charge is 0.412 e. The van der Waals surface area contributed by atoms with Crippen molar-refractivity contribution >= 4 is 6.09 Å². The summed E-state index contributed by atoms with van der Waals surface area (Å²) in [4.78, 5) is 15.8. The zero-order valence-electron chi connectivity index (χ0n) is 22.9. The standard InChI is InChI=1S/C35H35NO4/c1-38-28-19-17-26(18-20-28)24-36(34-16-7-8-21-39-34)35(37)40-33(22-25-10-3-2-4-11-25)31-15-9-14-30-29-13-6-5-12-27(29)23-32(30)31/h2-6,9-15,17-20,33-34H,7-8,16,21-24H2,1H3. The van der Waals surface area contributed by atoms with Crippen LogP contribution < -0.4 is 4.74 Å². The predicted molar refractivity (Wildman–Crippen MR) is 156 cm³/mol. The van der Waals surface area contributed by atoms with Gasteiger partial charge in [-0.25, -0.2) is 4.79 Å². The summed E-state index contributed by atoms with van der Waals surface area (Å²) in [6.45, 7) is 1.05. The van der Waals surface area contributed by atoms with Gasteiger partial charge in [0.25, 0.3) is 0 Å². The zero-order chi connectivity index (χ0) is 27.3. The second kappa shape index (κ2) is 12.0. The monoisotopic (exact) mass is 533 g/mol. The molecule has 1 aliphatic heterocycles. The Balaban J connectivity index is 1.32. The van der Waals surface area contributed by atoms with Crippen molar-refractivity contribution in [2.24, 2.45) is 0 Å². The van der Waals surface area contributed by atoms with Crippen molar-refractivity contribution in [1.82, 2.24) is 4.90 Å². The van der Waals surface area contributed by atoms with E-state index in [1.807, 2.05) is 42.5 Å². The molecule has 5 nitrogen and oxygen atoms in total. The van der Waals surface area contributed by atoms with Crippen molar-refractivity contribution in [1.29, 1.82) is 0 Å². The van der Waals surface area contributed by atoms with E-state index in [1.54, 1.807) is 12.0 Å². The quantitative estimate of drug-likeness (QED) is 0.205. The van der Waals surface area contributed by atoms with Crippen molar-refractivity contribution in [3.05, 3.63) is 125 Å². The van der Waals surface area contributed by atoms with Gasteiger partial charge < -0.3 is 14.2 Å². The minimum Gasteiger partial charge on any atom is -0.497 e. The Bertz CT molecular complexity index is 1440. The second-order valence-electron chi connectivity index (χ2n) is 10.6. The number of hydrogen-bond donors (Lipinski definition) is 0. The van der Waals surface area contributed by atoms with Crippen LogP contribution >= 0.6 is 0 Å². The number of hydrogen-bond acceptors (Lipinski definition) is 4. The van der Waals surface area contributed by atoms with Gasteiger partial charge in [0.05, 0.1) is 13.7 Å². The summed E-state index contributed by atoms with van der Waals surface area (Å²) in [5, 5.41) is 0. The topological polar surface area (TPSA) is 48.0 Å². The Hall–Kier alpha value is -4.09. The zero-order valence-corrected chi connectivity index (χ0v) is 22.9. The summed E-state index contributed by atoms with van der Waals surface area (Å²) in [6, 6.07) is 33.0. The number of carbonyl (C=O) groups excluding carboxylic acids is 1. The van der Waals surface area contributed by atoms with Crippen LogP contribution in [0.1, 0.15) is 53.2 Å². The van der Waals surface area contributed by atoms with Crippen molar-refractivity contribution in [2.75, 3.05) is 13.7 Å². The molecule has 1 saturated heterocycles. The molecule has 1 fully saturated rings. The Kier molecular flexibility index (Phi) is 7.83. The number of fused-ring (bicyclic) bond motifs is 3. The normalized spacial score (nSPS) is 16.5. The van der Waals surface area contributed by atoms with E-state index in [0.717, 1.165) is 48.1 Å². The van der Waals surface area contributed by atoms with Crippen LogP contribution in [0.2, 0.25) is 0 Å². The molecule has 0 bridgehead atoms. The van der Waals surface area contributed by atoms with E-state index in [9.17, 15) is 4.79 Å². The van der Waals surface area contributed by atoms with Crippen LogP contribution in [-0.2, 0) is 28.9 Å². The fourth-order valence-corrected chi connectivity index (χ4v) is 5.90. The highest BCUT2D eigenvalue weighted by Crippen LogP contribution is 2.41. The molecular formula is C35H35NO4. The molecule has 5 heteroatoms. The summed E-state index contributed by atoms with van der Waals surface area (Å²) in [5.74, 6) is 0.786. The van der Waals surface area contributed by atoms with E-state index in [4.69, 9.17) is 14.2 Å². The summed E-state index contributed by atoms with van der Waals surface area (Å²) in [5.41, 5.74) is 8.25. The van der Waals surface area contributed by atoms with E-state index in [2.05, 4.69) is 54.6 Å². The number of ether oxygens (including phenoxy) is 3. The molecule has 4 aromatic carbocycles. The maximum absolute atomic E-state index is 14.1. The molecule has 2 atom stereocenters. The van der Waals surface area contributed by atoms with Gasteiger partial charge in [-0.05, 0) is 76.8 Å². The van der Waals surface area contributed by atoms with E-state index in [1.165, 1.54) is 22.3 Å². The first-order chi connectivity index (χ1) is 19.7. The molecule has 1 heterocycles. The highest BCUT2D eigenvalue weighted by atomic mass is 16.6. The lowest BCUT2D eigenvalue weighted by atomic mass is 9.94. The van der Waals surface area contributed by atoms with E-state index < -0.39 is 6.10 Å². The van der Waals surface area contributed by atoms with Crippen LogP contribution in [0.4, 0.5) is 4.79 Å². The summed E-state index contributed by atoms with van der Waals surface area (Å²) in [6.07, 6.45) is 3.17. The molecule has 0 spiro atoms. The van der Waals surface area contributed by atoms with E-state index in [-0.39, 0.29) is 12.3 Å². The van der Waals surface area contributed by atoms with Gasteiger partial charge in [-0.1, -0.05) is 84.9 Å². The highest BCUT2D eigenvalue weighted by Gasteiger charge is 2.32. The molecule has 0 N–H and O–H groups in total. The maximum atomic E-state index is 14.1. The molecule has 2 unspecified atom stereocenters. The average molecular weight is 534 g/mol. The first kappa shape index (κ1) is 26.1. The largest absolute Gasteiger partial charge is 0.497 e. The first-order valence-electron chi connectivity index (χ1n) is 14.2. The lowest BCUT2D eigenvalue weighted by Gasteiger charge is -2.35. The Morgan fingerprint density at radius 2 is 1.65 bits per heavy atom. The second-order valence-corrected chi connectivity index (χ2v) is 10.6. The molecule has 40 heavy (non-hydrogen) atoms. The third-order valence-corrected chi connectivity index (χ3v) is 7.99. The Morgan fingerprint density at radius 1 is 0.875 bits per heavy atom. The molecule has 2 aliphatic rings. The third-order valence-electron chi connectivity index (χ3n) is 7.99. The molecule has 6 rings (SSSR count). The molecule has 4 aromatic rings. The number of methoxy groups -OCH3 is 1. The highest BCUT2D eigenvalue weighted by molar-refractivity contribution is 5.78.